The Balaban J connectivity index is 1.86. The minimum absolute atomic E-state index is 0.200. The Morgan fingerprint density at radius 2 is 2.10 bits per heavy atom. The van der Waals surface area contributed by atoms with Crippen molar-refractivity contribution in [2.24, 2.45) is 0 Å². The van der Waals surface area contributed by atoms with Crippen molar-refractivity contribution in [3.63, 3.8) is 0 Å². The normalized spacial score (nSPS) is 13.5. The summed E-state index contributed by atoms with van der Waals surface area (Å²) in [5.41, 5.74) is 2.13. The van der Waals surface area contributed by atoms with Crippen molar-refractivity contribution in [3.8, 4) is 5.75 Å². The van der Waals surface area contributed by atoms with Crippen molar-refractivity contribution < 1.29 is 14.6 Å². The van der Waals surface area contributed by atoms with E-state index >= 15 is 0 Å². The first kappa shape index (κ1) is 13.8. The maximum Gasteiger partial charge on any atom is 0.335 e. The molecule has 1 heterocycles. The van der Waals surface area contributed by atoms with E-state index in [0.717, 1.165) is 23.5 Å². The number of carbonyl (C=O) groups is 1. The second kappa shape index (κ2) is 5.66. The number of ether oxygens (including phenoxy) is 1. The highest BCUT2D eigenvalue weighted by atomic mass is 35.5. The van der Waals surface area contributed by atoms with E-state index in [-0.39, 0.29) is 5.56 Å². The van der Waals surface area contributed by atoms with E-state index in [1.165, 1.54) is 6.07 Å². The van der Waals surface area contributed by atoms with Gasteiger partial charge in [0.25, 0.3) is 0 Å². The van der Waals surface area contributed by atoms with Crippen molar-refractivity contribution in [2.45, 2.75) is 6.54 Å². The van der Waals surface area contributed by atoms with Crippen molar-refractivity contribution in [1.29, 1.82) is 0 Å². The molecule has 0 fully saturated rings. The average Bonchev–Trinajstić information content (AvgIpc) is 2.49. The molecule has 0 aliphatic carbocycles. The number of aromatic carboxylic acids is 1. The Labute approximate surface area is 127 Å². The molecule has 0 saturated heterocycles. The highest BCUT2D eigenvalue weighted by Gasteiger charge is 2.18. The summed E-state index contributed by atoms with van der Waals surface area (Å²) in [7, 11) is 0. The summed E-state index contributed by atoms with van der Waals surface area (Å²) < 4.78 is 5.62. The van der Waals surface area contributed by atoms with Crippen LogP contribution >= 0.6 is 11.6 Å². The van der Waals surface area contributed by atoms with Gasteiger partial charge < -0.3 is 14.7 Å². The van der Waals surface area contributed by atoms with E-state index in [4.69, 9.17) is 21.4 Å². The molecule has 21 heavy (non-hydrogen) atoms. The van der Waals surface area contributed by atoms with Gasteiger partial charge in [-0.05, 0) is 29.8 Å². The third kappa shape index (κ3) is 2.81. The number of carboxylic acids is 1. The number of carboxylic acid groups (broad SMARTS) is 1. The summed E-state index contributed by atoms with van der Waals surface area (Å²) >= 11 is 6.20. The summed E-state index contributed by atoms with van der Waals surface area (Å²) in [6.07, 6.45) is 0. The lowest BCUT2D eigenvalue weighted by Gasteiger charge is -2.31. The lowest BCUT2D eigenvalue weighted by atomic mass is 10.1. The second-order valence-electron chi connectivity index (χ2n) is 4.85. The fourth-order valence-corrected chi connectivity index (χ4v) is 2.65. The van der Waals surface area contributed by atoms with Crippen LogP contribution in [0.5, 0.6) is 5.75 Å². The molecule has 0 atom stereocenters. The number of halogens is 1. The SMILES string of the molecule is O=C(O)c1ccc(CN2CCOc3ccccc32)c(Cl)c1. The minimum atomic E-state index is -0.972. The Hall–Kier alpha value is -2.20. The largest absolute Gasteiger partial charge is 0.490 e. The van der Waals surface area contributed by atoms with E-state index in [2.05, 4.69) is 4.90 Å². The molecular weight excluding hydrogens is 290 g/mol. The minimum Gasteiger partial charge on any atom is -0.490 e. The Bertz CT molecular complexity index is 687. The van der Waals surface area contributed by atoms with Gasteiger partial charge in [-0.25, -0.2) is 4.79 Å². The van der Waals surface area contributed by atoms with Crippen molar-refractivity contribution in [3.05, 3.63) is 58.6 Å². The van der Waals surface area contributed by atoms with Gasteiger partial charge in [0.1, 0.15) is 12.4 Å². The predicted octanol–water partition coefficient (Wildman–Crippen LogP) is 3.44. The lowest BCUT2D eigenvalue weighted by molar-refractivity contribution is 0.0697. The Morgan fingerprint density at radius 1 is 1.29 bits per heavy atom. The standard InChI is InChI=1S/C16H14ClNO3/c17-13-9-11(16(19)20)5-6-12(13)10-18-7-8-21-15-4-2-1-3-14(15)18/h1-6,9H,7-8,10H2,(H,19,20). The van der Waals surface area contributed by atoms with Crippen LogP contribution in [0.1, 0.15) is 15.9 Å². The van der Waals surface area contributed by atoms with E-state index < -0.39 is 5.97 Å². The fraction of sp³-hybridized carbons (Fsp3) is 0.188. The monoisotopic (exact) mass is 303 g/mol. The molecule has 0 amide bonds. The molecule has 1 aliphatic heterocycles. The molecule has 0 unspecified atom stereocenters. The molecule has 108 valence electrons. The van der Waals surface area contributed by atoms with Gasteiger partial charge in [-0.1, -0.05) is 29.8 Å². The molecule has 0 saturated carbocycles. The highest BCUT2D eigenvalue weighted by Crippen LogP contribution is 2.33. The molecule has 2 aromatic carbocycles. The van der Waals surface area contributed by atoms with E-state index in [0.29, 0.717) is 18.2 Å². The quantitative estimate of drug-likeness (QED) is 0.943. The van der Waals surface area contributed by atoms with Gasteiger partial charge >= 0.3 is 5.97 Å². The number of anilines is 1. The van der Waals surface area contributed by atoms with Gasteiger partial charge in [0, 0.05) is 11.6 Å². The zero-order valence-electron chi connectivity index (χ0n) is 11.3. The number of hydrogen-bond acceptors (Lipinski definition) is 3. The molecule has 0 spiro atoms. The number of nitrogens with zero attached hydrogens (tertiary/aromatic N) is 1. The number of hydrogen-bond donors (Lipinski definition) is 1. The van der Waals surface area contributed by atoms with Gasteiger partial charge in [-0.15, -0.1) is 0 Å². The van der Waals surface area contributed by atoms with Crippen LogP contribution in [0, 0.1) is 0 Å². The van der Waals surface area contributed by atoms with E-state index in [1.807, 2.05) is 24.3 Å². The molecule has 1 N–H and O–H groups in total. The van der Waals surface area contributed by atoms with Crippen molar-refractivity contribution >= 4 is 23.3 Å². The number of fused-ring (bicyclic) bond motifs is 1. The first-order valence-electron chi connectivity index (χ1n) is 6.63. The third-order valence-corrected chi connectivity index (χ3v) is 3.84. The molecular formula is C16H14ClNO3. The van der Waals surface area contributed by atoms with Gasteiger partial charge in [0.15, 0.2) is 0 Å². The van der Waals surface area contributed by atoms with Crippen LogP contribution in [0.25, 0.3) is 0 Å². The summed E-state index contributed by atoms with van der Waals surface area (Å²) in [5.74, 6) is -0.109. The maximum absolute atomic E-state index is 10.9. The molecule has 2 aromatic rings. The van der Waals surface area contributed by atoms with E-state index in [1.54, 1.807) is 12.1 Å². The molecule has 5 heteroatoms. The summed E-state index contributed by atoms with van der Waals surface area (Å²) in [6, 6.07) is 12.7. The molecule has 3 rings (SSSR count). The van der Waals surface area contributed by atoms with Crippen LogP contribution in [-0.2, 0) is 6.54 Å². The van der Waals surface area contributed by atoms with Crippen LogP contribution in [0.2, 0.25) is 5.02 Å². The topological polar surface area (TPSA) is 49.8 Å². The van der Waals surface area contributed by atoms with Crippen LogP contribution in [-0.4, -0.2) is 24.2 Å². The number of rotatable bonds is 3. The average molecular weight is 304 g/mol. The van der Waals surface area contributed by atoms with E-state index in [9.17, 15) is 4.79 Å². The van der Waals surface area contributed by atoms with Crippen LogP contribution in [0.3, 0.4) is 0 Å². The van der Waals surface area contributed by atoms with Gasteiger partial charge in [0.05, 0.1) is 17.8 Å². The summed E-state index contributed by atoms with van der Waals surface area (Å²) in [6.45, 7) is 2.02. The van der Waals surface area contributed by atoms with Gasteiger partial charge in [-0.2, -0.15) is 0 Å². The van der Waals surface area contributed by atoms with Crippen molar-refractivity contribution in [2.75, 3.05) is 18.1 Å². The third-order valence-electron chi connectivity index (χ3n) is 3.49. The molecule has 1 aliphatic rings. The first-order valence-corrected chi connectivity index (χ1v) is 7.01. The van der Waals surface area contributed by atoms with Gasteiger partial charge in [0.2, 0.25) is 0 Å². The maximum atomic E-state index is 10.9. The Morgan fingerprint density at radius 3 is 2.86 bits per heavy atom. The molecule has 0 radical (unpaired) electrons. The van der Waals surface area contributed by atoms with Crippen LogP contribution in [0.15, 0.2) is 42.5 Å². The smallest absolute Gasteiger partial charge is 0.335 e. The van der Waals surface area contributed by atoms with Gasteiger partial charge in [-0.3, -0.25) is 0 Å². The summed E-state index contributed by atoms with van der Waals surface area (Å²) in [5, 5.41) is 9.44. The first-order chi connectivity index (χ1) is 10.1. The Kier molecular flexibility index (Phi) is 3.71. The predicted molar refractivity (Wildman–Crippen MR) is 81.4 cm³/mol. The number of benzene rings is 2. The van der Waals surface area contributed by atoms with Crippen LogP contribution in [0.4, 0.5) is 5.69 Å². The molecule has 4 nitrogen and oxygen atoms in total. The molecule has 0 bridgehead atoms. The lowest BCUT2D eigenvalue weighted by Crippen LogP contribution is -2.32. The molecule has 0 aromatic heterocycles. The second-order valence-corrected chi connectivity index (χ2v) is 5.26. The number of para-hydroxylation sites is 2. The zero-order chi connectivity index (χ0) is 14.8. The van der Waals surface area contributed by atoms with Crippen molar-refractivity contribution in [1.82, 2.24) is 0 Å². The fourth-order valence-electron chi connectivity index (χ4n) is 2.41. The zero-order valence-corrected chi connectivity index (χ0v) is 12.0. The summed E-state index contributed by atoms with van der Waals surface area (Å²) in [4.78, 5) is 13.1. The highest BCUT2D eigenvalue weighted by molar-refractivity contribution is 6.31. The van der Waals surface area contributed by atoms with Crippen LogP contribution < -0.4 is 9.64 Å².